The monoisotopic (exact) mass is 475 g/mol. The van der Waals surface area contributed by atoms with E-state index in [4.69, 9.17) is 23.7 Å². The van der Waals surface area contributed by atoms with Crippen LogP contribution in [-0.2, 0) is 11.3 Å². The summed E-state index contributed by atoms with van der Waals surface area (Å²) in [6.07, 6.45) is 1.16. The van der Waals surface area contributed by atoms with Crippen LogP contribution < -0.4 is 23.7 Å². The van der Waals surface area contributed by atoms with Crippen molar-refractivity contribution in [1.29, 1.82) is 0 Å². The fraction of sp³-hybridized carbons (Fsp3) is 0.321. The molecule has 2 heterocycles. The molecule has 7 heteroatoms. The Balaban J connectivity index is 1.41. The zero-order valence-corrected chi connectivity index (χ0v) is 20.0. The molecule has 0 fully saturated rings. The first kappa shape index (κ1) is 22.9. The summed E-state index contributed by atoms with van der Waals surface area (Å²) >= 11 is 0. The number of hydrogen-bond donors (Lipinski definition) is 0. The smallest absolute Gasteiger partial charge is 0.231 e. The van der Waals surface area contributed by atoms with Crippen LogP contribution in [0.5, 0.6) is 28.7 Å². The first-order chi connectivity index (χ1) is 17.2. The number of ether oxygens (including phenoxy) is 5. The SMILES string of the molecule is CCC(=O)N(CCC(c1ccc2c(c1)OCO2)c1ccccc1OC)Cc1ccc2c(c1)OCO2. The van der Waals surface area contributed by atoms with Gasteiger partial charge in [-0.2, -0.15) is 0 Å². The molecular formula is C28H29NO6. The molecule has 0 N–H and O–H groups in total. The average molecular weight is 476 g/mol. The molecule has 0 radical (unpaired) electrons. The minimum absolute atomic E-state index is 0.00422. The number of carbonyl (C=O) groups excluding carboxylic acids is 1. The predicted molar refractivity (Wildman–Crippen MR) is 130 cm³/mol. The standard InChI is InChI=1S/C28H29NO6/c1-3-28(30)29(16-19-8-10-24-26(14-19)34-17-32-24)13-12-21(22-6-4-5-7-23(22)31-2)20-9-11-25-27(15-20)35-18-33-25/h4-11,14-15,21H,3,12-13,16-18H2,1-2H3. The van der Waals surface area contributed by atoms with Crippen molar-refractivity contribution in [2.24, 2.45) is 0 Å². The highest BCUT2D eigenvalue weighted by Crippen LogP contribution is 2.40. The van der Waals surface area contributed by atoms with E-state index in [-0.39, 0.29) is 25.4 Å². The van der Waals surface area contributed by atoms with E-state index in [1.54, 1.807) is 7.11 Å². The summed E-state index contributed by atoms with van der Waals surface area (Å²) in [4.78, 5) is 14.8. The minimum atomic E-state index is 0.00422. The molecule has 2 aliphatic heterocycles. The average Bonchev–Trinajstić information content (AvgIpc) is 3.56. The molecular weight excluding hydrogens is 446 g/mol. The first-order valence-electron chi connectivity index (χ1n) is 11.8. The Morgan fingerprint density at radius 3 is 2.34 bits per heavy atom. The summed E-state index contributed by atoms with van der Waals surface area (Å²) in [6, 6.07) is 19.9. The minimum Gasteiger partial charge on any atom is -0.496 e. The summed E-state index contributed by atoms with van der Waals surface area (Å²) in [6.45, 7) is 3.44. The Hall–Kier alpha value is -3.87. The maximum atomic E-state index is 12.9. The first-order valence-corrected chi connectivity index (χ1v) is 11.8. The normalized spacial score (nSPS) is 14.0. The number of benzene rings is 3. The van der Waals surface area contributed by atoms with Gasteiger partial charge in [-0.25, -0.2) is 0 Å². The van der Waals surface area contributed by atoms with Gasteiger partial charge in [0.2, 0.25) is 19.5 Å². The van der Waals surface area contributed by atoms with Gasteiger partial charge in [0.05, 0.1) is 7.11 Å². The fourth-order valence-electron chi connectivity index (χ4n) is 4.65. The van der Waals surface area contributed by atoms with Crippen molar-refractivity contribution in [1.82, 2.24) is 4.90 Å². The van der Waals surface area contributed by atoms with Crippen LogP contribution in [0.1, 0.15) is 42.4 Å². The third-order valence-electron chi connectivity index (χ3n) is 6.47. The van der Waals surface area contributed by atoms with E-state index in [0.29, 0.717) is 19.5 Å². The van der Waals surface area contributed by atoms with Gasteiger partial charge in [0.1, 0.15) is 5.75 Å². The van der Waals surface area contributed by atoms with Gasteiger partial charge >= 0.3 is 0 Å². The van der Waals surface area contributed by atoms with Gasteiger partial charge in [-0.1, -0.05) is 37.3 Å². The summed E-state index contributed by atoms with van der Waals surface area (Å²) in [5, 5.41) is 0. The van der Waals surface area contributed by atoms with E-state index >= 15 is 0 Å². The van der Waals surface area contributed by atoms with Crippen LogP contribution in [0.15, 0.2) is 60.7 Å². The summed E-state index contributed by atoms with van der Waals surface area (Å²) in [7, 11) is 1.68. The molecule has 35 heavy (non-hydrogen) atoms. The molecule has 3 aromatic rings. The largest absolute Gasteiger partial charge is 0.496 e. The maximum absolute atomic E-state index is 12.9. The van der Waals surface area contributed by atoms with Crippen molar-refractivity contribution in [3.8, 4) is 28.7 Å². The molecule has 1 atom stereocenters. The van der Waals surface area contributed by atoms with Crippen molar-refractivity contribution in [2.75, 3.05) is 27.2 Å². The highest BCUT2D eigenvalue weighted by molar-refractivity contribution is 5.75. The van der Waals surface area contributed by atoms with Crippen molar-refractivity contribution in [2.45, 2.75) is 32.2 Å². The Morgan fingerprint density at radius 2 is 1.60 bits per heavy atom. The lowest BCUT2D eigenvalue weighted by Crippen LogP contribution is -2.31. The zero-order valence-electron chi connectivity index (χ0n) is 20.0. The number of carbonyl (C=O) groups is 1. The van der Waals surface area contributed by atoms with Crippen LogP contribution in [0.25, 0.3) is 0 Å². The second kappa shape index (κ2) is 10.2. The van der Waals surface area contributed by atoms with Crippen LogP contribution in [0, 0.1) is 0 Å². The molecule has 0 aliphatic carbocycles. The molecule has 5 rings (SSSR count). The van der Waals surface area contributed by atoms with Gasteiger partial charge in [-0.3, -0.25) is 4.79 Å². The lowest BCUT2D eigenvalue weighted by Gasteiger charge is -2.27. The molecule has 0 bridgehead atoms. The van der Waals surface area contributed by atoms with Crippen LogP contribution in [0.4, 0.5) is 0 Å². The van der Waals surface area contributed by atoms with E-state index in [1.165, 1.54) is 0 Å². The quantitative estimate of drug-likeness (QED) is 0.428. The van der Waals surface area contributed by atoms with E-state index in [1.807, 2.05) is 60.4 Å². The number of rotatable bonds is 9. The van der Waals surface area contributed by atoms with Crippen molar-refractivity contribution in [3.63, 3.8) is 0 Å². The molecule has 1 unspecified atom stereocenters. The second-order valence-electron chi connectivity index (χ2n) is 8.55. The highest BCUT2D eigenvalue weighted by atomic mass is 16.7. The number of amides is 1. The fourth-order valence-corrected chi connectivity index (χ4v) is 4.65. The van der Waals surface area contributed by atoms with E-state index in [9.17, 15) is 4.79 Å². The van der Waals surface area contributed by atoms with Gasteiger partial charge in [-0.05, 0) is 47.9 Å². The van der Waals surface area contributed by atoms with Crippen LogP contribution in [-0.4, -0.2) is 38.0 Å². The van der Waals surface area contributed by atoms with Crippen molar-refractivity contribution in [3.05, 3.63) is 77.4 Å². The highest BCUT2D eigenvalue weighted by Gasteiger charge is 2.24. The van der Waals surface area contributed by atoms with Gasteiger partial charge in [0, 0.05) is 31.0 Å². The van der Waals surface area contributed by atoms with E-state index < -0.39 is 0 Å². The predicted octanol–water partition coefficient (Wildman–Crippen LogP) is 5.11. The number of nitrogens with zero attached hydrogens (tertiary/aromatic N) is 1. The molecule has 182 valence electrons. The molecule has 0 saturated carbocycles. The molecule has 1 amide bonds. The Morgan fingerprint density at radius 1 is 0.914 bits per heavy atom. The van der Waals surface area contributed by atoms with Gasteiger partial charge in [-0.15, -0.1) is 0 Å². The van der Waals surface area contributed by atoms with Gasteiger partial charge in [0.15, 0.2) is 23.0 Å². The van der Waals surface area contributed by atoms with Crippen LogP contribution in [0.3, 0.4) is 0 Å². The molecule has 7 nitrogen and oxygen atoms in total. The Bertz CT molecular complexity index is 1210. The number of fused-ring (bicyclic) bond motifs is 2. The second-order valence-corrected chi connectivity index (χ2v) is 8.55. The van der Waals surface area contributed by atoms with Crippen LogP contribution >= 0.6 is 0 Å². The number of para-hydroxylation sites is 1. The molecule has 3 aromatic carbocycles. The topological polar surface area (TPSA) is 66.5 Å². The zero-order chi connectivity index (χ0) is 24.2. The lowest BCUT2D eigenvalue weighted by molar-refractivity contribution is -0.131. The summed E-state index contributed by atoms with van der Waals surface area (Å²) in [5.41, 5.74) is 3.17. The Labute approximate surface area is 205 Å². The third kappa shape index (κ3) is 4.85. The van der Waals surface area contributed by atoms with Crippen molar-refractivity contribution >= 4 is 5.91 Å². The molecule has 0 spiro atoms. The van der Waals surface area contributed by atoms with E-state index in [0.717, 1.165) is 51.9 Å². The molecule has 0 aromatic heterocycles. The summed E-state index contributed by atoms with van der Waals surface area (Å²) < 4.78 is 27.8. The van der Waals surface area contributed by atoms with E-state index in [2.05, 4.69) is 12.1 Å². The Kier molecular flexibility index (Phi) is 6.66. The molecule has 2 aliphatic rings. The van der Waals surface area contributed by atoms with Crippen LogP contribution in [0.2, 0.25) is 0 Å². The third-order valence-corrected chi connectivity index (χ3v) is 6.47. The van der Waals surface area contributed by atoms with Gasteiger partial charge in [0.25, 0.3) is 0 Å². The maximum Gasteiger partial charge on any atom is 0.231 e. The molecule has 0 saturated heterocycles. The number of hydrogen-bond acceptors (Lipinski definition) is 6. The van der Waals surface area contributed by atoms with Crippen molar-refractivity contribution < 1.29 is 28.5 Å². The lowest BCUT2D eigenvalue weighted by atomic mass is 9.87. The van der Waals surface area contributed by atoms with Gasteiger partial charge < -0.3 is 28.6 Å². The summed E-state index contributed by atoms with van der Waals surface area (Å²) in [5.74, 6) is 3.87. The number of methoxy groups -OCH3 is 1.